The van der Waals surface area contributed by atoms with Crippen molar-refractivity contribution in [3.05, 3.63) is 0 Å². The minimum atomic E-state index is -0.562. The summed E-state index contributed by atoms with van der Waals surface area (Å²) in [5.74, 6) is 1.02. The Morgan fingerprint density at radius 2 is 1.93 bits per heavy atom. The van der Waals surface area contributed by atoms with E-state index in [1.165, 1.54) is 69.9 Å². The largest absolute Gasteiger partial charge is 0.375 e. The van der Waals surface area contributed by atoms with Crippen molar-refractivity contribution in [1.29, 1.82) is 0 Å². The van der Waals surface area contributed by atoms with E-state index in [0.717, 1.165) is 5.92 Å². The molecular weight excluding hydrogens is 267 g/mol. The molecule has 2 N–H and O–H groups in total. The third-order valence-corrected chi connectivity index (χ3v) is 24.3. The summed E-state index contributed by atoms with van der Waals surface area (Å²) in [5, 5.41) is 0. The molecule has 1 fully saturated rings. The van der Waals surface area contributed by atoms with Crippen LogP contribution in [0.15, 0.2) is 0 Å². The highest BCUT2D eigenvalue weighted by molar-refractivity contribution is 7.12. The van der Waals surface area contributed by atoms with Gasteiger partial charge in [0.25, 0.3) is 0 Å². The van der Waals surface area contributed by atoms with Crippen LogP contribution in [-0.4, -0.2) is 59.5 Å². The van der Waals surface area contributed by atoms with Crippen LogP contribution in [0.1, 0.15) is 32.1 Å². The van der Waals surface area contributed by atoms with Crippen molar-refractivity contribution in [2.75, 3.05) is 6.54 Å². The SMILES string of the molecule is [SiH3]N[SiH]([SiH2]NCC1CCCCC1)N([SiH3])[SiH3]. The average Bonchev–Trinajstić information content (AvgIpc) is 2.25. The molecule has 0 radical (unpaired) electrons. The van der Waals surface area contributed by atoms with Crippen LogP contribution in [0.5, 0.6) is 0 Å². The molecule has 0 aliphatic heterocycles. The number of rotatable bonds is 6. The fraction of sp³-hybridized carbons (Fsp3) is 1.00. The number of hydrogen-bond donors (Lipinski definition) is 2. The summed E-state index contributed by atoms with van der Waals surface area (Å²) in [7, 11) is 3.28. The van der Waals surface area contributed by atoms with Gasteiger partial charge in [0.15, 0.2) is 8.64 Å². The van der Waals surface area contributed by atoms with E-state index < -0.39 is 8.64 Å². The standard InChI is InChI=1S/C7H27N3Si5/c11-9-15(10(12)13)14-8-6-7-4-2-1-3-5-7/h7-9,15H,1-6,14H2,11-13H3. The Morgan fingerprint density at radius 1 is 1.27 bits per heavy atom. The summed E-state index contributed by atoms with van der Waals surface area (Å²) < 4.78 is 6.44. The maximum Gasteiger partial charge on any atom is 0.162 e. The van der Waals surface area contributed by atoms with Crippen LogP contribution in [0.2, 0.25) is 0 Å². The molecule has 0 amide bonds. The van der Waals surface area contributed by atoms with Gasteiger partial charge in [0, 0.05) is 0 Å². The zero-order valence-electron chi connectivity index (χ0n) is 10.6. The van der Waals surface area contributed by atoms with Gasteiger partial charge in [-0.3, -0.25) is 0 Å². The summed E-state index contributed by atoms with van der Waals surface area (Å²) in [6, 6.07) is 0. The van der Waals surface area contributed by atoms with E-state index in [-0.39, 0.29) is 9.20 Å². The second-order valence-electron chi connectivity index (χ2n) is 4.93. The van der Waals surface area contributed by atoms with Gasteiger partial charge in [0.2, 0.25) is 0 Å². The number of hydrogen-bond acceptors (Lipinski definition) is 3. The molecule has 0 saturated heterocycles. The lowest BCUT2D eigenvalue weighted by atomic mass is 9.90. The van der Waals surface area contributed by atoms with Gasteiger partial charge in [-0.05, 0) is 25.3 Å². The minimum absolute atomic E-state index is 0.0407. The molecule has 1 saturated carbocycles. The molecule has 1 aliphatic carbocycles. The lowest BCUT2D eigenvalue weighted by molar-refractivity contribution is 0.359. The highest BCUT2D eigenvalue weighted by atomic mass is 29.2. The summed E-state index contributed by atoms with van der Waals surface area (Å²) in [4.78, 5) is 3.85. The topological polar surface area (TPSA) is 27.3 Å². The van der Waals surface area contributed by atoms with Crippen molar-refractivity contribution in [2.24, 2.45) is 5.92 Å². The van der Waals surface area contributed by atoms with E-state index >= 15 is 0 Å². The first kappa shape index (κ1) is 14.0. The Hall–Kier alpha value is 0.964. The lowest BCUT2D eigenvalue weighted by Gasteiger charge is -2.25. The fourth-order valence-electron chi connectivity index (χ4n) is 2.36. The maximum atomic E-state index is 3.85. The molecule has 0 aromatic heterocycles. The van der Waals surface area contributed by atoms with Crippen molar-refractivity contribution in [3.63, 3.8) is 0 Å². The van der Waals surface area contributed by atoms with E-state index in [1.807, 2.05) is 0 Å². The van der Waals surface area contributed by atoms with E-state index in [4.69, 9.17) is 0 Å². The predicted octanol–water partition coefficient (Wildman–Crippen LogP) is -4.31. The number of nitrogens with one attached hydrogen (secondary N) is 2. The maximum absolute atomic E-state index is 3.85. The normalized spacial score (nSPS) is 22.2. The second-order valence-corrected chi connectivity index (χ2v) is 20.4. The highest BCUT2D eigenvalue weighted by Gasteiger charge is 2.15. The monoisotopic (exact) mass is 293 g/mol. The molecule has 0 heterocycles. The Bertz CT molecular complexity index is 165. The van der Waals surface area contributed by atoms with E-state index in [9.17, 15) is 0 Å². The van der Waals surface area contributed by atoms with Crippen molar-refractivity contribution >= 4 is 49.0 Å². The van der Waals surface area contributed by atoms with Crippen LogP contribution in [0.25, 0.3) is 0 Å². The Kier molecular flexibility index (Phi) is 7.59. The molecule has 0 bridgehead atoms. The zero-order valence-corrected chi connectivity index (χ0v) is 19.1. The first-order valence-electron chi connectivity index (χ1n) is 6.28. The van der Waals surface area contributed by atoms with Gasteiger partial charge in [-0.1, -0.05) is 19.3 Å². The van der Waals surface area contributed by atoms with Gasteiger partial charge in [0.05, 0.1) is 31.2 Å². The lowest BCUT2D eigenvalue weighted by Crippen LogP contribution is -2.56. The zero-order chi connectivity index (χ0) is 11.1. The van der Waals surface area contributed by atoms with Crippen LogP contribution in [-0.2, 0) is 0 Å². The van der Waals surface area contributed by atoms with Gasteiger partial charge < -0.3 is 13.5 Å². The average molecular weight is 294 g/mol. The smallest absolute Gasteiger partial charge is 0.162 e. The fourth-order valence-corrected chi connectivity index (χ4v) is 18.6. The molecular formula is C7H27N3Si5. The predicted molar refractivity (Wildman–Crippen MR) is 85.1 cm³/mol. The first-order chi connectivity index (χ1) is 7.24. The quantitative estimate of drug-likeness (QED) is 0.485. The van der Waals surface area contributed by atoms with Gasteiger partial charge in [-0.2, -0.15) is 0 Å². The number of nitrogens with zero attached hydrogens (tertiary/aromatic N) is 1. The van der Waals surface area contributed by atoms with Crippen molar-refractivity contribution < 1.29 is 0 Å². The van der Waals surface area contributed by atoms with E-state index in [2.05, 4.69) is 13.5 Å². The molecule has 0 aromatic rings. The molecule has 90 valence electrons. The minimum Gasteiger partial charge on any atom is -0.375 e. The highest BCUT2D eigenvalue weighted by Crippen LogP contribution is 2.22. The van der Waals surface area contributed by atoms with Crippen LogP contribution >= 0.6 is 0 Å². The third kappa shape index (κ3) is 5.72. The van der Waals surface area contributed by atoms with E-state index in [1.54, 1.807) is 0 Å². The summed E-state index contributed by atoms with van der Waals surface area (Å²) >= 11 is 0. The molecule has 1 aliphatic rings. The van der Waals surface area contributed by atoms with Crippen LogP contribution < -0.4 is 9.63 Å². The molecule has 0 spiro atoms. The Morgan fingerprint density at radius 3 is 2.47 bits per heavy atom. The van der Waals surface area contributed by atoms with Crippen LogP contribution in [0, 0.1) is 5.92 Å². The first-order valence-corrected chi connectivity index (χ1v) is 14.1. The van der Waals surface area contributed by atoms with Crippen LogP contribution in [0.3, 0.4) is 0 Å². The third-order valence-electron chi connectivity index (χ3n) is 3.45. The van der Waals surface area contributed by atoms with Gasteiger partial charge in [-0.15, -0.1) is 0 Å². The van der Waals surface area contributed by atoms with Crippen molar-refractivity contribution in [3.8, 4) is 0 Å². The summed E-state index contributed by atoms with van der Waals surface area (Å²) in [6.07, 6.45) is 7.45. The Labute approximate surface area is 107 Å². The molecule has 1 unspecified atom stereocenters. The van der Waals surface area contributed by atoms with Crippen molar-refractivity contribution in [2.45, 2.75) is 32.1 Å². The molecule has 0 aromatic carbocycles. The van der Waals surface area contributed by atoms with Gasteiger partial charge in [0.1, 0.15) is 9.20 Å². The molecule has 8 heteroatoms. The molecule has 3 nitrogen and oxygen atoms in total. The van der Waals surface area contributed by atoms with Gasteiger partial charge in [-0.25, -0.2) is 0 Å². The molecule has 1 atom stereocenters. The van der Waals surface area contributed by atoms with E-state index in [0.29, 0.717) is 0 Å². The summed E-state index contributed by atoms with van der Waals surface area (Å²) in [6.45, 7) is 1.34. The van der Waals surface area contributed by atoms with Crippen LogP contribution in [0.4, 0.5) is 0 Å². The molecule has 1 rings (SSSR count). The van der Waals surface area contributed by atoms with Gasteiger partial charge >= 0.3 is 0 Å². The molecule has 15 heavy (non-hydrogen) atoms. The summed E-state index contributed by atoms with van der Waals surface area (Å²) in [5.41, 5.74) is 0. The second kappa shape index (κ2) is 8.11. The Balaban J connectivity index is 2.08. The van der Waals surface area contributed by atoms with Crippen molar-refractivity contribution in [1.82, 2.24) is 13.5 Å².